The highest BCUT2D eigenvalue weighted by Crippen LogP contribution is 2.00. The van der Waals surface area contributed by atoms with Crippen molar-refractivity contribution < 1.29 is 0 Å². The van der Waals surface area contributed by atoms with Gasteiger partial charge in [0.15, 0.2) is 0 Å². The minimum absolute atomic E-state index is 0.440. The van der Waals surface area contributed by atoms with Crippen molar-refractivity contribution in [3.05, 3.63) is 45.8 Å². The van der Waals surface area contributed by atoms with Crippen molar-refractivity contribution in [3.63, 3.8) is 0 Å². The molecule has 0 aliphatic carbocycles. The van der Waals surface area contributed by atoms with E-state index in [1.54, 1.807) is 0 Å². The Kier molecular flexibility index (Phi) is 4.13. The maximum absolute atomic E-state index is 8.02. The second-order valence-electron chi connectivity index (χ2n) is 2.87. The Morgan fingerprint density at radius 2 is 2.07 bits per heavy atom. The van der Waals surface area contributed by atoms with Crippen molar-refractivity contribution in [2.45, 2.75) is 13.3 Å². The summed E-state index contributed by atoms with van der Waals surface area (Å²) in [5, 5.41) is 3.40. The summed E-state index contributed by atoms with van der Waals surface area (Å²) in [6.45, 7) is 2.48. The molecular formula is C11H11N3. The average molecular weight is 185 g/mol. The van der Waals surface area contributed by atoms with Crippen LogP contribution in [0.15, 0.2) is 29.4 Å². The van der Waals surface area contributed by atoms with Crippen LogP contribution >= 0.6 is 0 Å². The number of rotatable bonds is 2. The smallest absolute Gasteiger partial charge is 0.0367 e. The minimum atomic E-state index is 0.440. The fourth-order valence-corrected chi connectivity index (χ4v) is 0.952. The molecule has 0 bridgehead atoms. The van der Waals surface area contributed by atoms with Crippen molar-refractivity contribution >= 4 is 0 Å². The molecule has 0 N–H and O–H groups in total. The molecule has 14 heavy (non-hydrogen) atoms. The van der Waals surface area contributed by atoms with Gasteiger partial charge in [-0.25, -0.2) is 0 Å². The van der Waals surface area contributed by atoms with Crippen LogP contribution in [0.3, 0.4) is 0 Å². The van der Waals surface area contributed by atoms with Gasteiger partial charge in [0.1, 0.15) is 0 Å². The predicted octanol–water partition coefficient (Wildman–Crippen LogP) is 3.05. The fraction of sp³-hybridized carbons (Fsp3) is 0.273. The van der Waals surface area contributed by atoms with Crippen molar-refractivity contribution in [1.29, 1.82) is 0 Å². The van der Waals surface area contributed by atoms with Crippen LogP contribution in [0.5, 0.6) is 0 Å². The largest absolute Gasteiger partial charge is 0.0978 e. The summed E-state index contributed by atoms with van der Waals surface area (Å²) in [7, 11) is 0. The van der Waals surface area contributed by atoms with E-state index in [0.29, 0.717) is 13.0 Å². The molecule has 0 atom stereocenters. The molecule has 0 saturated carbocycles. The third-order valence-corrected chi connectivity index (χ3v) is 1.68. The first-order chi connectivity index (χ1) is 6.83. The van der Waals surface area contributed by atoms with Crippen molar-refractivity contribution in [2.24, 2.45) is 5.11 Å². The van der Waals surface area contributed by atoms with E-state index in [9.17, 15) is 0 Å². The summed E-state index contributed by atoms with van der Waals surface area (Å²) in [4.78, 5) is 2.65. The van der Waals surface area contributed by atoms with Gasteiger partial charge in [0.25, 0.3) is 0 Å². The van der Waals surface area contributed by atoms with Crippen molar-refractivity contribution in [3.8, 4) is 11.8 Å². The molecule has 70 valence electrons. The molecule has 0 aromatic heterocycles. The zero-order chi connectivity index (χ0) is 10.2. The Hall–Kier alpha value is -1.91. The van der Waals surface area contributed by atoms with Gasteiger partial charge < -0.3 is 0 Å². The summed E-state index contributed by atoms with van der Waals surface area (Å²) in [6.07, 6.45) is 0.609. The summed E-state index contributed by atoms with van der Waals surface area (Å²) >= 11 is 0. The van der Waals surface area contributed by atoms with E-state index in [2.05, 4.69) is 21.9 Å². The lowest BCUT2D eigenvalue weighted by molar-refractivity contribution is 1.01. The summed E-state index contributed by atoms with van der Waals surface area (Å²) in [6, 6.07) is 8.01. The van der Waals surface area contributed by atoms with Gasteiger partial charge in [-0.2, -0.15) is 0 Å². The summed E-state index contributed by atoms with van der Waals surface area (Å²) in [5.74, 6) is 5.94. The van der Waals surface area contributed by atoms with Crippen molar-refractivity contribution in [1.82, 2.24) is 0 Å². The summed E-state index contributed by atoms with van der Waals surface area (Å²) in [5.41, 5.74) is 10.2. The minimum Gasteiger partial charge on any atom is -0.0978 e. The van der Waals surface area contributed by atoms with E-state index in [1.165, 1.54) is 5.56 Å². The Balaban J connectivity index is 2.51. The topological polar surface area (TPSA) is 48.8 Å². The van der Waals surface area contributed by atoms with Crippen LogP contribution < -0.4 is 0 Å². The molecule has 0 saturated heterocycles. The molecular weight excluding hydrogens is 174 g/mol. The van der Waals surface area contributed by atoms with Crippen LogP contribution in [0, 0.1) is 18.8 Å². The normalized spacial score (nSPS) is 8.36. The zero-order valence-electron chi connectivity index (χ0n) is 8.07. The van der Waals surface area contributed by atoms with E-state index in [1.807, 2.05) is 31.2 Å². The molecule has 0 spiro atoms. The lowest BCUT2D eigenvalue weighted by atomic mass is 10.1. The van der Waals surface area contributed by atoms with Gasteiger partial charge in [0.2, 0.25) is 0 Å². The molecule has 1 aromatic carbocycles. The monoisotopic (exact) mass is 185 g/mol. The first-order valence-corrected chi connectivity index (χ1v) is 4.39. The molecule has 0 amide bonds. The van der Waals surface area contributed by atoms with E-state index in [4.69, 9.17) is 5.53 Å². The number of azide groups is 1. The highest BCUT2D eigenvalue weighted by molar-refractivity contribution is 5.35. The molecule has 0 fully saturated rings. The fourth-order valence-electron chi connectivity index (χ4n) is 0.952. The first kappa shape index (κ1) is 10.2. The van der Waals surface area contributed by atoms with Crippen LogP contribution in [0.1, 0.15) is 17.5 Å². The van der Waals surface area contributed by atoms with Crippen LogP contribution in [0.2, 0.25) is 0 Å². The molecule has 1 rings (SSSR count). The molecule has 0 radical (unpaired) electrons. The molecule has 0 aliphatic rings. The van der Waals surface area contributed by atoms with Crippen molar-refractivity contribution in [2.75, 3.05) is 6.54 Å². The Bertz CT molecular complexity index is 389. The molecule has 3 nitrogen and oxygen atoms in total. The maximum atomic E-state index is 8.02. The van der Waals surface area contributed by atoms with Crippen LogP contribution in [0.4, 0.5) is 0 Å². The third kappa shape index (κ3) is 3.66. The van der Waals surface area contributed by atoms with Gasteiger partial charge in [-0.05, 0) is 24.6 Å². The molecule has 1 aromatic rings. The lowest BCUT2D eigenvalue weighted by Crippen LogP contribution is -1.77. The maximum Gasteiger partial charge on any atom is 0.0367 e. The number of benzene rings is 1. The predicted molar refractivity (Wildman–Crippen MR) is 56.7 cm³/mol. The van der Waals surface area contributed by atoms with Gasteiger partial charge in [-0.3, -0.25) is 0 Å². The van der Waals surface area contributed by atoms with Gasteiger partial charge in [-0.15, -0.1) is 0 Å². The zero-order valence-corrected chi connectivity index (χ0v) is 8.07. The lowest BCUT2D eigenvalue weighted by Gasteiger charge is -1.90. The molecule has 0 unspecified atom stereocenters. The van der Waals surface area contributed by atoms with Crippen LogP contribution in [-0.4, -0.2) is 6.54 Å². The van der Waals surface area contributed by atoms with E-state index >= 15 is 0 Å². The highest BCUT2D eigenvalue weighted by Gasteiger charge is 1.84. The van der Waals surface area contributed by atoms with E-state index in [-0.39, 0.29) is 0 Å². The van der Waals surface area contributed by atoms with Crippen LogP contribution in [-0.2, 0) is 0 Å². The van der Waals surface area contributed by atoms with Crippen LogP contribution in [0.25, 0.3) is 10.4 Å². The van der Waals surface area contributed by atoms with Gasteiger partial charge in [-0.1, -0.05) is 34.7 Å². The number of hydrogen-bond donors (Lipinski definition) is 0. The van der Waals surface area contributed by atoms with Gasteiger partial charge >= 0.3 is 0 Å². The Morgan fingerprint density at radius 3 is 2.71 bits per heavy atom. The van der Waals surface area contributed by atoms with E-state index < -0.39 is 0 Å². The standard InChI is InChI=1S/C11H11N3/c1-10-5-7-11(8-6-10)4-2-3-9-13-14-12/h5-8H,3,9H2,1H3. The molecule has 0 aliphatic heterocycles. The number of nitrogens with zero attached hydrogens (tertiary/aromatic N) is 3. The second kappa shape index (κ2) is 5.69. The summed E-state index contributed by atoms with van der Waals surface area (Å²) < 4.78 is 0. The average Bonchev–Trinajstić information content (AvgIpc) is 2.21. The van der Waals surface area contributed by atoms with E-state index in [0.717, 1.165) is 5.56 Å². The first-order valence-electron chi connectivity index (χ1n) is 4.39. The molecule has 3 heteroatoms. The quantitative estimate of drug-likeness (QED) is 0.223. The van der Waals surface area contributed by atoms with Gasteiger partial charge in [0.05, 0.1) is 0 Å². The second-order valence-corrected chi connectivity index (χ2v) is 2.87. The number of hydrogen-bond acceptors (Lipinski definition) is 1. The van der Waals surface area contributed by atoms with Gasteiger partial charge in [0, 0.05) is 23.4 Å². The third-order valence-electron chi connectivity index (χ3n) is 1.68. The highest BCUT2D eigenvalue weighted by atomic mass is 15.1. The SMILES string of the molecule is Cc1ccc(C#CCCN=[N+]=[N-])cc1. The number of aryl methyl sites for hydroxylation is 1. The Labute approximate surface area is 83.4 Å². The molecule has 0 heterocycles. The Morgan fingerprint density at radius 1 is 1.36 bits per heavy atom.